The highest BCUT2D eigenvalue weighted by molar-refractivity contribution is 7.92. The molecule has 0 heterocycles. The van der Waals surface area contributed by atoms with Gasteiger partial charge in [0, 0.05) is 6.54 Å². The quantitative estimate of drug-likeness (QED) is 0.808. The van der Waals surface area contributed by atoms with Gasteiger partial charge in [0.15, 0.2) is 0 Å². The van der Waals surface area contributed by atoms with Crippen molar-refractivity contribution in [2.45, 2.75) is 19.9 Å². The maximum atomic E-state index is 12.0. The lowest BCUT2D eigenvalue weighted by atomic mass is 10.2. The van der Waals surface area contributed by atoms with E-state index in [0.29, 0.717) is 12.2 Å². The van der Waals surface area contributed by atoms with Crippen molar-refractivity contribution in [2.24, 2.45) is 0 Å². The van der Waals surface area contributed by atoms with Gasteiger partial charge in [-0.1, -0.05) is 23.8 Å². The van der Waals surface area contributed by atoms with Crippen LogP contribution in [0.3, 0.4) is 0 Å². The Labute approximate surface area is 120 Å². The van der Waals surface area contributed by atoms with E-state index in [1.165, 1.54) is 0 Å². The second kappa shape index (κ2) is 6.56. The molecule has 1 amide bonds. The van der Waals surface area contributed by atoms with E-state index in [9.17, 15) is 13.2 Å². The number of nitrogens with one attached hydrogen (secondary N) is 1. The minimum Gasteiger partial charge on any atom is -0.351 e. The molecule has 0 aliphatic rings. The second-order valence-corrected chi connectivity index (χ2v) is 6.46. The van der Waals surface area contributed by atoms with Crippen molar-refractivity contribution in [3.05, 3.63) is 42.5 Å². The molecule has 1 aromatic rings. The molecule has 6 heteroatoms. The highest BCUT2D eigenvalue weighted by Crippen LogP contribution is 2.21. The monoisotopic (exact) mass is 296 g/mol. The largest absolute Gasteiger partial charge is 0.351 e. The van der Waals surface area contributed by atoms with Crippen molar-refractivity contribution in [1.82, 2.24) is 5.32 Å². The van der Waals surface area contributed by atoms with Gasteiger partial charge in [0.05, 0.1) is 11.9 Å². The molecule has 5 nitrogen and oxygen atoms in total. The summed E-state index contributed by atoms with van der Waals surface area (Å²) in [5.41, 5.74) is 1.49. The maximum Gasteiger partial charge on any atom is 0.243 e. The first kappa shape index (κ1) is 16.2. The molecular formula is C14H20N2O3S. The molecule has 1 aromatic carbocycles. The van der Waals surface area contributed by atoms with Gasteiger partial charge in [-0.2, -0.15) is 0 Å². The molecule has 110 valence electrons. The number of hydrogen-bond donors (Lipinski definition) is 1. The van der Waals surface area contributed by atoms with E-state index in [4.69, 9.17) is 0 Å². The zero-order chi connectivity index (χ0) is 15.3. The van der Waals surface area contributed by atoms with Crippen molar-refractivity contribution in [3.63, 3.8) is 0 Å². The minimum atomic E-state index is -3.55. The Morgan fingerprint density at radius 2 is 1.95 bits per heavy atom. The van der Waals surface area contributed by atoms with Gasteiger partial charge in [0.2, 0.25) is 15.9 Å². The van der Waals surface area contributed by atoms with Crippen LogP contribution in [-0.4, -0.2) is 33.2 Å². The van der Waals surface area contributed by atoms with Crippen LogP contribution in [0, 0.1) is 6.92 Å². The summed E-state index contributed by atoms with van der Waals surface area (Å²) in [4.78, 5) is 12.0. The molecule has 1 rings (SSSR count). The fraction of sp³-hybridized carbons (Fsp3) is 0.357. The SMILES string of the molecule is C=CCNC(=O)C(C)N(c1ccc(C)cc1)S(C)(=O)=O. The van der Waals surface area contributed by atoms with Crippen LogP contribution < -0.4 is 9.62 Å². The molecule has 0 aliphatic heterocycles. The highest BCUT2D eigenvalue weighted by Gasteiger charge is 2.28. The zero-order valence-electron chi connectivity index (χ0n) is 12.0. The molecule has 0 aromatic heterocycles. The van der Waals surface area contributed by atoms with Crippen LogP contribution in [0.25, 0.3) is 0 Å². The highest BCUT2D eigenvalue weighted by atomic mass is 32.2. The van der Waals surface area contributed by atoms with Crippen LogP contribution in [-0.2, 0) is 14.8 Å². The Balaban J connectivity index is 3.10. The number of aryl methyl sites for hydroxylation is 1. The fourth-order valence-corrected chi connectivity index (χ4v) is 3.00. The second-order valence-electron chi connectivity index (χ2n) is 4.60. The number of rotatable bonds is 6. The van der Waals surface area contributed by atoms with Crippen molar-refractivity contribution in [2.75, 3.05) is 17.1 Å². The Morgan fingerprint density at radius 1 is 1.40 bits per heavy atom. The predicted octanol–water partition coefficient (Wildman–Crippen LogP) is 1.45. The number of carbonyl (C=O) groups excluding carboxylic acids is 1. The van der Waals surface area contributed by atoms with Crippen molar-refractivity contribution >= 4 is 21.6 Å². The molecule has 0 spiro atoms. The van der Waals surface area contributed by atoms with Crippen LogP contribution in [0.2, 0.25) is 0 Å². The third-order valence-electron chi connectivity index (χ3n) is 2.80. The van der Waals surface area contributed by atoms with Gasteiger partial charge in [-0.3, -0.25) is 9.10 Å². The van der Waals surface area contributed by atoms with Gasteiger partial charge in [-0.15, -0.1) is 6.58 Å². The number of anilines is 1. The average Bonchev–Trinajstić information content (AvgIpc) is 2.36. The number of carbonyl (C=O) groups is 1. The summed E-state index contributed by atoms with van der Waals surface area (Å²) in [5.74, 6) is -0.365. The Hall–Kier alpha value is -1.82. The van der Waals surface area contributed by atoms with Crippen molar-refractivity contribution in [3.8, 4) is 0 Å². The van der Waals surface area contributed by atoms with Crippen LogP contribution in [0.5, 0.6) is 0 Å². The lowest BCUT2D eigenvalue weighted by Gasteiger charge is -2.28. The van der Waals surface area contributed by atoms with E-state index in [-0.39, 0.29) is 5.91 Å². The third-order valence-corrected chi connectivity index (χ3v) is 4.04. The molecule has 0 saturated heterocycles. The van der Waals surface area contributed by atoms with Gasteiger partial charge < -0.3 is 5.32 Å². The van der Waals surface area contributed by atoms with E-state index in [0.717, 1.165) is 16.1 Å². The molecule has 0 radical (unpaired) electrons. The first-order chi connectivity index (χ1) is 9.27. The topological polar surface area (TPSA) is 66.5 Å². The van der Waals surface area contributed by atoms with Crippen molar-refractivity contribution in [1.29, 1.82) is 0 Å². The fourth-order valence-electron chi connectivity index (χ4n) is 1.82. The molecule has 0 aliphatic carbocycles. The first-order valence-corrected chi connectivity index (χ1v) is 8.07. The molecule has 20 heavy (non-hydrogen) atoms. The molecular weight excluding hydrogens is 276 g/mol. The third kappa shape index (κ3) is 4.09. The summed E-state index contributed by atoms with van der Waals surface area (Å²) >= 11 is 0. The summed E-state index contributed by atoms with van der Waals surface area (Å²) in [6.45, 7) is 7.27. The van der Waals surface area contributed by atoms with Gasteiger partial charge >= 0.3 is 0 Å². The average molecular weight is 296 g/mol. The number of amides is 1. The Morgan fingerprint density at radius 3 is 2.40 bits per heavy atom. The van der Waals surface area contributed by atoms with E-state index in [2.05, 4.69) is 11.9 Å². The van der Waals surface area contributed by atoms with Gasteiger partial charge in [-0.25, -0.2) is 8.42 Å². The first-order valence-electron chi connectivity index (χ1n) is 6.22. The lowest BCUT2D eigenvalue weighted by Crippen LogP contribution is -2.47. The molecule has 0 bridgehead atoms. The van der Waals surface area contributed by atoms with Crippen LogP contribution in [0.15, 0.2) is 36.9 Å². The van der Waals surface area contributed by atoms with Crippen LogP contribution in [0.4, 0.5) is 5.69 Å². The smallest absolute Gasteiger partial charge is 0.243 e. The Bertz CT molecular complexity index is 579. The predicted molar refractivity (Wildman–Crippen MR) is 81.2 cm³/mol. The maximum absolute atomic E-state index is 12.0. The van der Waals surface area contributed by atoms with Gasteiger partial charge in [-0.05, 0) is 26.0 Å². The summed E-state index contributed by atoms with van der Waals surface area (Å²) < 4.78 is 25.0. The number of benzene rings is 1. The van der Waals surface area contributed by atoms with Crippen LogP contribution >= 0.6 is 0 Å². The lowest BCUT2D eigenvalue weighted by molar-refractivity contribution is -0.121. The zero-order valence-corrected chi connectivity index (χ0v) is 12.8. The van der Waals surface area contributed by atoms with E-state index >= 15 is 0 Å². The molecule has 0 fully saturated rings. The normalized spacial score (nSPS) is 12.6. The number of nitrogens with zero attached hydrogens (tertiary/aromatic N) is 1. The van der Waals surface area contributed by atoms with Gasteiger partial charge in [0.25, 0.3) is 0 Å². The van der Waals surface area contributed by atoms with Crippen molar-refractivity contribution < 1.29 is 13.2 Å². The molecule has 0 saturated carbocycles. The summed E-state index contributed by atoms with van der Waals surface area (Å²) in [6, 6.07) is 6.16. The molecule has 1 N–H and O–H groups in total. The van der Waals surface area contributed by atoms with Crippen LogP contribution in [0.1, 0.15) is 12.5 Å². The Kier molecular flexibility index (Phi) is 5.33. The summed E-state index contributed by atoms with van der Waals surface area (Å²) in [7, 11) is -3.55. The number of sulfonamides is 1. The van der Waals surface area contributed by atoms with E-state index in [1.807, 2.05) is 19.1 Å². The standard InChI is InChI=1S/C14H20N2O3S/c1-5-10-15-14(17)12(3)16(20(4,18)19)13-8-6-11(2)7-9-13/h5-9,12H,1,10H2,2-4H3,(H,15,17). The van der Waals surface area contributed by atoms with E-state index < -0.39 is 16.1 Å². The molecule has 1 unspecified atom stereocenters. The molecule has 1 atom stereocenters. The number of hydrogen-bond acceptors (Lipinski definition) is 3. The minimum absolute atomic E-state index is 0.300. The summed E-state index contributed by atoms with van der Waals surface area (Å²) in [6.07, 6.45) is 2.63. The van der Waals surface area contributed by atoms with Gasteiger partial charge in [0.1, 0.15) is 6.04 Å². The van der Waals surface area contributed by atoms with E-state index in [1.54, 1.807) is 25.1 Å². The summed E-state index contributed by atoms with van der Waals surface area (Å²) in [5, 5.41) is 2.60.